The summed E-state index contributed by atoms with van der Waals surface area (Å²) in [5.74, 6) is -1.07. The Bertz CT molecular complexity index is 621. The molecular formula is C12H12N2O4S2. The predicted octanol–water partition coefficient (Wildman–Crippen LogP) is 2.13. The van der Waals surface area contributed by atoms with E-state index in [0.29, 0.717) is 23.1 Å². The number of rotatable bonds is 6. The molecule has 0 aliphatic heterocycles. The fourth-order valence-corrected chi connectivity index (χ4v) is 2.60. The summed E-state index contributed by atoms with van der Waals surface area (Å²) in [4.78, 5) is 26.4. The fraction of sp³-hybridized carbons (Fsp3) is 0.250. The molecular weight excluding hydrogens is 300 g/mol. The van der Waals surface area contributed by atoms with Crippen LogP contribution in [-0.2, 0) is 6.42 Å². The third kappa shape index (κ3) is 3.61. The van der Waals surface area contributed by atoms with Gasteiger partial charge in [0.1, 0.15) is 0 Å². The molecule has 6 nitrogen and oxygen atoms in total. The van der Waals surface area contributed by atoms with Crippen molar-refractivity contribution in [3.63, 3.8) is 0 Å². The van der Waals surface area contributed by atoms with Crippen LogP contribution in [0.5, 0.6) is 0 Å². The van der Waals surface area contributed by atoms with Crippen molar-refractivity contribution in [3.05, 3.63) is 34.0 Å². The van der Waals surface area contributed by atoms with E-state index in [4.69, 9.17) is 9.52 Å². The molecule has 0 saturated carbocycles. The van der Waals surface area contributed by atoms with Crippen LogP contribution in [0.25, 0.3) is 0 Å². The van der Waals surface area contributed by atoms with Crippen LogP contribution in [0.4, 0.5) is 0 Å². The molecule has 1 amide bonds. The van der Waals surface area contributed by atoms with Gasteiger partial charge in [0.05, 0.1) is 5.01 Å². The van der Waals surface area contributed by atoms with E-state index in [9.17, 15) is 9.59 Å². The molecule has 0 spiro atoms. The maximum absolute atomic E-state index is 11.8. The summed E-state index contributed by atoms with van der Waals surface area (Å²) >= 11 is 2.69. The van der Waals surface area contributed by atoms with Gasteiger partial charge in [-0.2, -0.15) is 0 Å². The van der Waals surface area contributed by atoms with Gasteiger partial charge in [0.2, 0.25) is 0 Å². The zero-order valence-corrected chi connectivity index (χ0v) is 12.2. The minimum absolute atomic E-state index is 0.0342. The molecule has 106 valence electrons. The number of amides is 1. The van der Waals surface area contributed by atoms with E-state index in [1.54, 1.807) is 12.1 Å². The van der Waals surface area contributed by atoms with E-state index in [2.05, 4.69) is 10.3 Å². The monoisotopic (exact) mass is 312 g/mol. The minimum atomic E-state index is -1.04. The molecule has 0 fully saturated rings. The van der Waals surface area contributed by atoms with Crippen molar-refractivity contribution in [3.8, 4) is 0 Å². The summed E-state index contributed by atoms with van der Waals surface area (Å²) in [5.41, 5.74) is 0.0342. The van der Waals surface area contributed by atoms with Gasteiger partial charge in [-0.25, -0.2) is 9.78 Å². The molecule has 0 atom stereocenters. The Morgan fingerprint density at radius 2 is 2.30 bits per heavy atom. The van der Waals surface area contributed by atoms with Crippen molar-refractivity contribution in [1.82, 2.24) is 10.3 Å². The van der Waals surface area contributed by atoms with E-state index >= 15 is 0 Å². The quantitative estimate of drug-likeness (QED) is 0.794. The van der Waals surface area contributed by atoms with E-state index in [1.165, 1.54) is 28.5 Å². The lowest BCUT2D eigenvalue weighted by Gasteiger charge is -2.00. The van der Waals surface area contributed by atoms with Gasteiger partial charge < -0.3 is 14.8 Å². The number of hydrogen-bond donors (Lipinski definition) is 2. The molecule has 2 heterocycles. The largest absolute Gasteiger partial charge is 0.476 e. The van der Waals surface area contributed by atoms with E-state index in [-0.39, 0.29) is 17.4 Å². The lowest BCUT2D eigenvalue weighted by Crippen LogP contribution is -2.25. The Labute approximate surface area is 123 Å². The number of nitrogens with zero attached hydrogens (tertiary/aromatic N) is 1. The number of carboxylic acids is 1. The zero-order chi connectivity index (χ0) is 14.5. The highest BCUT2D eigenvalue weighted by Crippen LogP contribution is 2.17. The number of nitrogens with one attached hydrogen (secondary N) is 1. The van der Waals surface area contributed by atoms with E-state index in [0.717, 1.165) is 0 Å². The molecule has 0 saturated heterocycles. The van der Waals surface area contributed by atoms with Gasteiger partial charge in [-0.05, 0) is 18.4 Å². The number of carbonyl (C=O) groups excluding carboxylic acids is 1. The molecule has 8 heteroatoms. The maximum Gasteiger partial charge on any atom is 0.355 e. The van der Waals surface area contributed by atoms with Crippen LogP contribution in [0, 0.1) is 0 Å². The molecule has 0 bridgehead atoms. The highest BCUT2D eigenvalue weighted by atomic mass is 32.2. The topological polar surface area (TPSA) is 92.4 Å². The first-order chi connectivity index (χ1) is 9.60. The fourth-order valence-electron chi connectivity index (χ4n) is 1.45. The van der Waals surface area contributed by atoms with E-state index in [1.807, 2.05) is 6.26 Å². The van der Waals surface area contributed by atoms with Gasteiger partial charge in [-0.3, -0.25) is 4.79 Å². The highest BCUT2D eigenvalue weighted by molar-refractivity contribution is 7.98. The van der Waals surface area contributed by atoms with Crippen molar-refractivity contribution in [1.29, 1.82) is 0 Å². The second-order valence-electron chi connectivity index (χ2n) is 3.76. The molecule has 2 rings (SSSR count). The normalized spacial score (nSPS) is 10.4. The summed E-state index contributed by atoms with van der Waals surface area (Å²) in [6.07, 6.45) is 2.35. The van der Waals surface area contributed by atoms with Crippen molar-refractivity contribution >= 4 is 35.0 Å². The predicted molar refractivity (Wildman–Crippen MR) is 75.6 cm³/mol. The van der Waals surface area contributed by atoms with Crippen LogP contribution in [0.15, 0.2) is 27.0 Å². The summed E-state index contributed by atoms with van der Waals surface area (Å²) in [7, 11) is 0. The number of carboxylic acid groups (broad SMARTS) is 1. The molecule has 2 aromatic rings. The first-order valence-corrected chi connectivity index (χ1v) is 7.80. The number of aromatic nitrogens is 1. The summed E-state index contributed by atoms with van der Waals surface area (Å²) in [5, 5.41) is 14.3. The molecule has 0 aliphatic carbocycles. The van der Waals surface area contributed by atoms with Crippen molar-refractivity contribution < 1.29 is 19.1 Å². The number of furan rings is 1. The van der Waals surface area contributed by atoms with Crippen LogP contribution in [0.3, 0.4) is 0 Å². The molecule has 2 N–H and O–H groups in total. The van der Waals surface area contributed by atoms with Crippen LogP contribution in [-0.4, -0.2) is 34.8 Å². The van der Waals surface area contributed by atoms with Gasteiger partial charge >= 0.3 is 5.97 Å². The molecule has 0 unspecified atom stereocenters. The van der Waals surface area contributed by atoms with Crippen LogP contribution in [0.1, 0.15) is 26.1 Å². The molecule has 0 radical (unpaired) electrons. The first kappa shape index (κ1) is 14.6. The molecule has 2 aromatic heterocycles. The highest BCUT2D eigenvalue weighted by Gasteiger charge is 2.12. The van der Waals surface area contributed by atoms with Gasteiger partial charge in [0.25, 0.3) is 5.91 Å². The Balaban J connectivity index is 1.82. The lowest BCUT2D eigenvalue weighted by molar-refractivity contribution is 0.0690. The second-order valence-corrected chi connectivity index (χ2v) is 5.51. The van der Waals surface area contributed by atoms with Crippen molar-refractivity contribution in [2.75, 3.05) is 12.8 Å². The summed E-state index contributed by atoms with van der Waals surface area (Å²) in [6, 6.07) is 3.35. The Morgan fingerprint density at radius 1 is 1.50 bits per heavy atom. The standard InChI is InChI=1S/C12H12N2O4S2/c1-19-10-3-2-8(18-10)11(15)13-5-4-9-14-7(6-20-9)12(16)17/h2-3,6H,4-5H2,1H3,(H,13,15)(H,16,17). The number of aromatic carboxylic acids is 1. The van der Waals surface area contributed by atoms with Crippen molar-refractivity contribution in [2.24, 2.45) is 0 Å². The molecule has 20 heavy (non-hydrogen) atoms. The average Bonchev–Trinajstić information content (AvgIpc) is 3.07. The Hall–Kier alpha value is -1.80. The number of carbonyl (C=O) groups is 2. The van der Waals surface area contributed by atoms with E-state index < -0.39 is 5.97 Å². The number of thioether (sulfide) groups is 1. The van der Waals surface area contributed by atoms with Gasteiger partial charge in [-0.15, -0.1) is 11.3 Å². The average molecular weight is 312 g/mol. The minimum Gasteiger partial charge on any atom is -0.476 e. The Morgan fingerprint density at radius 3 is 2.90 bits per heavy atom. The number of thiazole rings is 1. The van der Waals surface area contributed by atoms with Gasteiger partial charge in [0, 0.05) is 18.3 Å². The van der Waals surface area contributed by atoms with Gasteiger partial charge in [0.15, 0.2) is 16.5 Å². The molecule has 0 aliphatic rings. The number of hydrogen-bond acceptors (Lipinski definition) is 6. The van der Waals surface area contributed by atoms with Gasteiger partial charge in [-0.1, -0.05) is 11.8 Å². The van der Waals surface area contributed by atoms with Crippen LogP contribution in [0.2, 0.25) is 0 Å². The zero-order valence-electron chi connectivity index (χ0n) is 10.6. The van der Waals surface area contributed by atoms with Crippen molar-refractivity contribution in [2.45, 2.75) is 11.5 Å². The third-order valence-corrected chi connectivity index (χ3v) is 3.93. The summed E-state index contributed by atoms with van der Waals surface area (Å²) < 4.78 is 5.29. The second kappa shape index (κ2) is 6.58. The van der Waals surface area contributed by atoms with Crippen LogP contribution >= 0.6 is 23.1 Å². The lowest BCUT2D eigenvalue weighted by atomic mass is 10.4. The summed E-state index contributed by atoms with van der Waals surface area (Å²) in [6.45, 7) is 0.376. The first-order valence-electron chi connectivity index (χ1n) is 5.70. The smallest absolute Gasteiger partial charge is 0.355 e. The maximum atomic E-state index is 11.8. The van der Waals surface area contributed by atoms with Crippen LogP contribution < -0.4 is 5.32 Å². The third-order valence-electron chi connectivity index (χ3n) is 2.40. The molecule has 0 aromatic carbocycles. The Kier molecular flexibility index (Phi) is 4.80. The SMILES string of the molecule is CSc1ccc(C(=O)NCCc2nc(C(=O)O)cs2)o1.